The number of nitrogens with zero attached hydrogens (tertiary/aromatic N) is 1. The van der Waals surface area contributed by atoms with E-state index in [0.29, 0.717) is 24.6 Å². The molecule has 0 aliphatic carbocycles. The minimum Gasteiger partial charge on any atom is -0.465 e. The summed E-state index contributed by atoms with van der Waals surface area (Å²) in [4.78, 5) is 26.4. The van der Waals surface area contributed by atoms with Crippen LogP contribution in [0, 0.1) is 5.92 Å². The molecule has 0 atom stereocenters. The number of hydrogen-bond donors (Lipinski definition) is 1. The molecule has 2 aliphatic heterocycles. The van der Waals surface area contributed by atoms with Crippen LogP contribution in [0.2, 0.25) is 0 Å². The largest absolute Gasteiger partial charge is 0.465 e. The summed E-state index contributed by atoms with van der Waals surface area (Å²) < 4.78 is 10.5. The summed E-state index contributed by atoms with van der Waals surface area (Å²) in [5.41, 5.74) is 4.56. The van der Waals surface area contributed by atoms with E-state index in [0.717, 1.165) is 29.6 Å². The van der Waals surface area contributed by atoms with Crippen molar-refractivity contribution in [3.8, 4) is 0 Å². The van der Waals surface area contributed by atoms with Crippen LogP contribution in [0.5, 0.6) is 0 Å². The van der Waals surface area contributed by atoms with Gasteiger partial charge in [0, 0.05) is 18.8 Å². The predicted octanol–water partition coefficient (Wildman–Crippen LogP) is 4.37. The molecule has 1 fully saturated rings. The lowest BCUT2D eigenvalue weighted by Gasteiger charge is -2.37. The maximum atomic E-state index is 12.5. The average molecular weight is 446 g/mol. The lowest BCUT2D eigenvalue weighted by molar-refractivity contribution is 0.0196. The van der Waals surface area contributed by atoms with Crippen molar-refractivity contribution in [2.24, 2.45) is 5.92 Å². The third kappa shape index (κ3) is 5.24. The Labute approximate surface area is 196 Å². The predicted molar refractivity (Wildman–Crippen MR) is 132 cm³/mol. The molecule has 0 saturated carbocycles. The quantitative estimate of drug-likeness (QED) is 0.561. The Morgan fingerprint density at radius 1 is 1.06 bits per heavy atom. The Morgan fingerprint density at radius 3 is 2.48 bits per heavy atom. The zero-order valence-corrected chi connectivity index (χ0v) is 19.8. The first-order valence-electron chi connectivity index (χ1n) is 11.5. The van der Waals surface area contributed by atoms with E-state index in [1.807, 2.05) is 51.1 Å². The van der Waals surface area contributed by atoms with Crippen molar-refractivity contribution in [3.63, 3.8) is 0 Å². The minimum atomic E-state index is -0.497. The molecule has 0 aromatic heterocycles. The van der Waals surface area contributed by atoms with Gasteiger partial charge in [-0.1, -0.05) is 53.4 Å². The summed E-state index contributed by atoms with van der Waals surface area (Å²) in [6, 6.07) is 15.9. The van der Waals surface area contributed by atoms with Crippen molar-refractivity contribution in [2.45, 2.75) is 39.2 Å². The van der Waals surface area contributed by atoms with Gasteiger partial charge in [0.05, 0.1) is 12.7 Å². The number of para-hydroxylation sites is 1. The highest BCUT2D eigenvalue weighted by atomic mass is 16.6. The SMILES string of the molecule is COC(=O)c1cccc(B2Nc3ccccc3C=C2C2CCN(C(=O)OC(C)(C)C)CC2)c1. The van der Waals surface area contributed by atoms with E-state index < -0.39 is 5.60 Å². The van der Waals surface area contributed by atoms with Gasteiger partial charge in [-0.05, 0) is 57.2 Å². The zero-order valence-electron chi connectivity index (χ0n) is 19.8. The van der Waals surface area contributed by atoms with E-state index >= 15 is 0 Å². The molecule has 172 valence electrons. The Morgan fingerprint density at radius 2 is 1.79 bits per heavy atom. The number of esters is 1. The van der Waals surface area contributed by atoms with Crippen LogP contribution in [0.1, 0.15) is 49.5 Å². The van der Waals surface area contributed by atoms with Crippen LogP contribution in [0.25, 0.3) is 6.08 Å². The number of ether oxygens (including phenoxy) is 2. The summed E-state index contributed by atoms with van der Waals surface area (Å²) >= 11 is 0. The lowest BCUT2D eigenvalue weighted by atomic mass is 9.45. The summed E-state index contributed by atoms with van der Waals surface area (Å²) in [7, 11) is 1.40. The molecule has 2 aliphatic rings. The number of nitrogens with one attached hydrogen (secondary N) is 1. The molecule has 0 bridgehead atoms. The van der Waals surface area contributed by atoms with Crippen molar-refractivity contribution in [1.29, 1.82) is 0 Å². The normalized spacial score (nSPS) is 16.4. The summed E-state index contributed by atoms with van der Waals surface area (Å²) in [5.74, 6) is -0.0272. The second-order valence-electron chi connectivity index (χ2n) is 9.67. The van der Waals surface area contributed by atoms with E-state index in [9.17, 15) is 9.59 Å². The van der Waals surface area contributed by atoms with E-state index in [2.05, 4.69) is 23.4 Å². The number of fused-ring (bicyclic) bond motifs is 1. The maximum Gasteiger partial charge on any atom is 0.410 e. The number of amides is 1. The summed E-state index contributed by atoms with van der Waals surface area (Å²) in [5, 5.41) is 3.68. The van der Waals surface area contributed by atoms with Gasteiger partial charge in [0.15, 0.2) is 0 Å². The fourth-order valence-corrected chi connectivity index (χ4v) is 4.57. The molecule has 1 amide bonds. The Hall–Kier alpha value is -3.22. The van der Waals surface area contributed by atoms with Gasteiger partial charge < -0.3 is 19.6 Å². The highest BCUT2D eigenvalue weighted by Gasteiger charge is 2.35. The number of benzene rings is 2. The van der Waals surface area contributed by atoms with Crippen LogP contribution in [-0.2, 0) is 9.47 Å². The Bertz CT molecular complexity index is 1070. The summed E-state index contributed by atoms with van der Waals surface area (Å²) in [6.07, 6.45) is 3.75. The van der Waals surface area contributed by atoms with E-state index in [4.69, 9.17) is 9.47 Å². The van der Waals surface area contributed by atoms with E-state index in [1.54, 1.807) is 11.0 Å². The lowest BCUT2D eigenvalue weighted by Crippen LogP contribution is -2.48. The highest BCUT2D eigenvalue weighted by Crippen LogP contribution is 2.34. The van der Waals surface area contributed by atoms with Gasteiger partial charge in [0.25, 0.3) is 0 Å². The first-order valence-corrected chi connectivity index (χ1v) is 11.5. The number of carbonyl (C=O) groups is 2. The van der Waals surface area contributed by atoms with Crippen LogP contribution >= 0.6 is 0 Å². The van der Waals surface area contributed by atoms with Crippen LogP contribution in [0.15, 0.2) is 54.0 Å². The van der Waals surface area contributed by atoms with Crippen molar-refractivity contribution in [2.75, 3.05) is 25.4 Å². The molecule has 6 nitrogen and oxygen atoms in total. The molecule has 0 unspecified atom stereocenters. The standard InChI is InChI=1S/C26H31BN2O4/c1-26(2,3)33-25(31)29-14-12-18(13-15-29)22-17-19-8-5-6-11-23(19)28-27(22)21-10-7-9-20(16-21)24(30)32-4/h5-11,16-18,28H,12-15H2,1-4H3. The smallest absolute Gasteiger partial charge is 0.410 e. The molecule has 33 heavy (non-hydrogen) atoms. The fourth-order valence-electron chi connectivity index (χ4n) is 4.57. The second-order valence-corrected chi connectivity index (χ2v) is 9.67. The minimum absolute atomic E-state index is 0.0532. The van der Waals surface area contributed by atoms with Gasteiger partial charge in [-0.3, -0.25) is 0 Å². The maximum absolute atomic E-state index is 12.5. The van der Waals surface area contributed by atoms with Gasteiger partial charge >= 0.3 is 18.9 Å². The van der Waals surface area contributed by atoms with Gasteiger partial charge in [-0.2, -0.15) is 0 Å². The molecule has 7 heteroatoms. The van der Waals surface area contributed by atoms with Gasteiger partial charge in [-0.25, -0.2) is 9.59 Å². The topological polar surface area (TPSA) is 67.9 Å². The number of likely N-dealkylation sites (tertiary alicyclic amines) is 1. The van der Waals surface area contributed by atoms with Gasteiger partial charge in [-0.15, -0.1) is 0 Å². The van der Waals surface area contributed by atoms with Crippen LogP contribution in [0.3, 0.4) is 0 Å². The van der Waals surface area contributed by atoms with Gasteiger partial charge in [0.1, 0.15) is 5.60 Å². The first kappa shape index (κ1) is 23.0. The van der Waals surface area contributed by atoms with Crippen molar-refractivity contribution in [3.05, 3.63) is 65.1 Å². The van der Waals surface area contributed by atoms with Crippen molar-refractivity contribution >= 4 is 36.1 Å². The fraction of sp³-hybridized carbons (Fsp3) is 0.385. The Kier molecular flexibility index (Phi) is 6.50. The molecule has 0 radical (unpaired) electrons. The van der Waals surface area contributed by atoms with E-state index in [-0.39, 0.29) is 18.9 Å². The third-order valence-corrected chi connectivity index (χ3v) is 6.18. The zero-order chi connectivity index (χ0) is 23.6. The molecule has 4 rings (SSSR count). The Balaban J connectivity index is 1.59. The first-order chi connectivity index (χ1) is 15.7. The van der Waals surface area contributed by atoms with Gasteiger partial charge in [0.2, 0.25) is 0 Å². The van der Waals surface area contributed by atoms with Crippen LogP contribution < -0.4 is 10.7 Å². The van der Waals surface area contributed by atoms with E-state index in [1.165, 1.54) is 12.6 Å². The third-order valence-electron chi connectivity index (χ3n) is 6.18. The van der Waals surface area contributed by atoms with Crippen LogP contribution in [-0.4, -0.2) is 49.6 Å². The number of carbonyl (C=O) groups excluding carboxylic acids is 2. The van der Waals surface area contributed by atoms with Crippen LogP contribution in [0.4, 0.5) is 10.5 Å². The number of piperidine rings is 1. The monoisotopic (exact) mass is 446 g/mol. The number of allylic oxidation sites excluding steroid dienone is 1. The number of rotatable bonds is 3. The molecule has 2 heterocycles. The molecule has 2 aromatic rings. The second kappa shape index (κ2) is 9.34. The summed E-state index contributed by atoms with van der Waals surface area (Å²) in [6.45, 7) is 6.94. The molecular weight excluding hydrogens is 415 g/mol. The molecule has 2 aromatic carbocycles. The highest BCUT2D eigenvalue weighted by molar-refractivity contribution is 6.83. The van der Waals surface area contributed by atoms with Crippen molar-refractivity contribution < 1.29 is 19.1 Å². The number of methoxy groups -OCH3 is 1. The average Bonchev–Trinajstić information content (AvgIpc) is 2.82. The number of anilines is 1. The molecule has 0 spiro atoms. The molecule has 1 saturated heterocycles. The molecule has 1 N–H and O–H groups in total. The van der Waals surface area contributed by atoms with Crippen molar-refractivity contribution in [1.82, 2.24) is 4.90 Å². The number of hydrogen-bond acceptors (Lipinski definition) is 5. The molecular formula is C26H31BN2O4.